The number of nitrogens with zero attached hydrogens (tertiary/aromatic N) is 4. The van der Waals surface area contributed by atoms with Gasteiger partial charge in [0.25, 0.3) is 0 Å². The first-order chi connectivity index (χ1) is 32.2. The van der Waals surface area contributed by atoms with Crippen LogP contribution in [0.3, 0.4) is 0 Å². The molecule has 0 aliphatic carbocycles. The first kappa shape index (κ1) is 35.8. The maximum absolute atomic E-state index is 6.49. The Hall–Kier alpha value is -8.80. The SMILES string of the molecule is c1ccc(-n2c3ccc4cc3c3cc(ccc32)n(-c2cccc3c5ccccc5n(-c5ccccc5)c23)c2cccc(c2)c2cccc(c2)n4-c2ccc3c(c2)oc2ccccc23)cc1. The normalized spacial score (nSPS) is 12.0. The van der Waals surface area contributed by atoms with E-state index < -0.39 is 0 Å². The van der Waals surface area contributed by atoms with E-state index in [4.69, 9.17) is 4.42 Å². The number of para-hydroxylation sites is 5. The van der Waals surface area contributed by atoms with Crippen molar-refractivity contribution < 1.29 is 4.42 Å². The highest BCUT2D eigenvalue weighted by atomic mass is 16.3. The molecule has 0 saturated heterocycles. The molecule has 0 unspecified atom stereocenters. The average Bonchev–Trinajstić information content (AvgIpc) is 4.02. The zero-order valence-corrected chi connectivity index (χ0v) is 35.1. The van der Waals surface area contributed by atoms with Gasteiger partial charge in [0, 0.05) is 77.5 Å². The number of benzene rings is 10. The number of hydrogen-bond donors (Lipinski definition) is 0. The standard InChI is InChI=1S/C60H38N4O/c1-3-16-41(17-4-1)63-55-32-29-45-36-52(55)53-37-46(30-33-56(53)63)62(57-26-13-24-51-48-22-7-9-25-54(48)64(60(51)57)42-18-5-2-6-19-42)44-21-12-15-40(35-44)39-14-11-20-43(34-39)61(45)47-28-31-50-49-23-8-10-27-58(49)65-59(50)38-47/h1-38H. The third-order valence-electron chi connectivity index (χ3n) is 13.4. The molecule has 0 amide bonds. The Labute approximate surface area is 372 Å². The molecule has 5 nitrogen and oxygen atoms in total. The van der Waals surface area contributed by atoms with Crippen molar-refractivity contribution in [3.63, 3.8) is 0 Å². The predicted molar refractivity (Wildman–Crippen MR) is 271 cm³/mol. The predicted octanol–water partition coefficient (Wildman–Crippen LogP) is 15.9. The second-order valence-electron chi connectivity index (χ2n) is 17.0. The van der Waals surface area contributed by atoms with Crippen molar-refractivity contribution in [3.8, 4) is 22.7 Å². The molecule has 0 atom stereocenters. The lowest BCUT2D eigenvalue weighted by Crippen LogP contribution is -2.02. The Morgan fingerprint density at radius 1 is 0.262 bits per heavy atom. The van der Waals surface area contributed by atoms with Crippen molar-refractivity contribution >= 4 is 98.4 Å². The van der Waals surface area contributed by atoms with Crippen LogP contribution in [0, 0.1) is 0 Å². The minimum Gasteiger partial charge on any atom is -0.456 e. The van der Waals surface area contributed by atoms with E-state index in [-0.39, 0.29) is 0 Å². The van der Waals surface area contributed by atoms with Crippen LogP contribution >= 0.6 is 0 Å². The molecule has 0 spiro atoms. The molecule has 0 N–H and O–H groups in total. The van der Waals surface area contributed by atoms with E-state index in [2.05, 4.69) is 237 Å². The second kappa shape index (κ2) is 13.9. The van der Waals surface area contributed by atoms with E-state index in [1.807, 2.05) is 12.1 Å². The van der Waals surface area contributed by atoms with Gasteiger partial charge in [-0.05, 0) is 126 Å². The Bertz CT molecular complexity index is 4290. The molecule has 65 heavy (non-hydrogen) atoms. The fourth-order valence-electron chi connectivity index (χ4n) is 10.5. The molecule has 14 rings (SSSR count). The Balaban J connectivity index is 1.16. The summed E-state index contributed by atoms with van der Waals surface area (Å²) in [7, 11) is 0. The average molecular weight is 831 g/mol. The highest BCUT2D eigenvalue weighted by Crippen LogP contribution is 2.40. The van der Waals surface area contributed by atoms with E-state index >= 15 is 0 Å². The van der Waals surface area contributed by atoms with Crippen LogP contribution in [-0.2, 0) is 0 Å². The molecular formula is C60H38N4O. The second-order valence-corrected chi connectivity index (χ2v) is 17.0. The first-order valence-corrected chi connectivity index (χ1v) is 22.2. The lowest BCUT2D eigenvalue weighted by atomic mass is 10.1. The minimum atomic E-state index is 0.861. The van der Waals surface area contributed by atoms with E-state index in [9.17, 15) is 0 Å². The lowest BCUT2D eigenvalue weighted by molar-refractivity contribution is 0.668. The van der Waals surface area contributed by atoms with Crippen LogP contribution in [0.1, 0.15) is 0 Å². The fraction of sp³-hybridized carbons (Fsp3) is 0. The number of rotatable bonds is 4. The molecular weight excluding hydrogens is 793 g/mol. The van der Waals surface area contributed by atoms with Gasteiger partial charge in [-0.3, -0.25) is 0 Å². The zero-order valence-electron chi connectivity index (χ0n) is 35.1. The molecule has 0 aliphatic heterocycles. The van der Waals surface area contributed by atoms with Crippen LogP contribution in [0.25, 0.3) is 121 Å². The maximum Gasteiger partial charge on any atom is 0.137 e. The summed E-state index contributed by atoms with van der Waals surface area (Å²) in [6.07, 6.45) is 0. The summed E-state index contributed by atoms with van der Waals surface area (Å²) in [5.41, 5.74) is 15.0. The van der Waals surface area contributed by atoms with Gasteiger partial charge in [0.1, 0.15) is 11.2 Å². The third-order valence-corrected chi connectivity index (χ3v) is 13.4. The van der Waals surface area contributed by atoms with Gasteiger partial charge in [-0.2, -0.15) is 0 Å². The van der Waals surface area contributed by atoms with Crippen LogP contribution in [0.15, 0.2) is 235 Å². The zero-order chi connectivity index (χ0) is 42.6. The van der Waals surface area contributed by atoms with E-state index in [1.54, 1.807) is 0 Å². The molecule has 8 bridgehead atoms. The van der Waals surface area contributed by atoms with Crippen LogP contribution in [0.5, 0.6) is 0 Å². The van der Waals surface area contributed by atoms with Crippen molar-refractivity contribution in [2.75, 3.05) is 0 Å². The first-order valence-electron chi connectivity index (χ1n) is 22.2. The van der Waals surface area contributed by atoms with Crippen LogP contribution in [0.2, 0.25) is 0 Å². The van der Waals surface area contributed by atoms with Crippen LogP contribution < -0.4 is 0 Å². The summed E-state index contributed by atoms with van der Waals surface area (Å²) in [5, 5.41) is 9.24. The monoisotopic (exact) mass is 830 g/mol. The van der Waals surface area contributed by atoms with Gasteiger partial charge in [-0.15, -0.1) is 0 Å². The van der Waals surface area contributed by atoms with Gasteiger partial charge in [0.05, 0.1) is 27.8 Å². The van der Waals surface area contributed by atoms with E-state index in [1.165, 1.54) is 21.7 Å². The lowest BCUT2D eigenvalue weighted by Gasteiger charge is -2.16. The molecule has 4 aromatic heterocycles. The molecule has 0 fully saturated rings. The molecule has 14 aromatic rings. The number of aromatic nitrogens is 4. The molecule has 10 aromatic carbocycles. The van der Waals surface area contributed by atoms with Crippen LogP contribution in [-0.4, -0.2) is 18.3 Å². The molecule has 0 saturated carbocycles. The molecule has 0 aliphatic rings. The fourth-order valence-corrected chi connectivity index (χ4v) is 10.5. The van der Waals surface area contributed by atoms with E-state index in [0.29, 0.717) is 0 Å². The smallest absolute Gasteiger partial charge is 0.137 e. The van der Waals surface area contributed by atoms with Crippen molar-refractivity contribution in [1.29, 1.82) is 0 Å². The molecule has 0 radical (unpaired) electrons. The van der Waals surface area contributed by atoms with Gasteiger partial charge in [-0.25, -0.2) is 0 Å². The molecule has 5 heteroatoms. The number of hydrogen-bond acceptors (Lipinski definition) is 1. The maximum atomic E-state index is 6.49. The Kier molecular flexibility index (Phi) is 7.62. The minimum absolute atomic E-state index is 0.861. The van der Waals surface area contributed by atoms with Gasteiger partial charge in [0.2, 0.25) is 0 Å². The largest absolute Gasteiger partial charge is 0.456 e. The van der Waals surface area contributed by atoms with Gasteiger partial charge < -0.3 is 22.7 Å². The summed E-state index contributed by atoms with van der Waals surface area (Å²) >= 11 is 0. The van der Waals surface area contributed by atoms with Crippen molar-refractivity contribution in [2.45, 2.75) is 0 Å². The number of fused-ring (bicyclic) bond motifs is 13. The van der Waals surface area contributed by atoms with Crippen molar-refractivity contribution in [3.05, 3.63) is 231 Å². The van der Waals surface area contributed by atoms with Gasteiger partial charge >= 0.3 is 0 Å². The molecule has 304 valence electrons. The van der Waals surface area contributed by atoms with Crippen molar-refractivity contribution in [1.82, 2.24) is 18.3 Å². The quantitative estimate of drug-likeness (QED) is 0.174. The van der Waals surface area contributed by atoms with Crippen molar-refractivity contribution in [2.24, 2.45) is 0 Å². The Morgan fingerprint density at radius 2 is 0.800 bits per heavy atom. The summed E-state index contributed by atoms with van der Waals surface area (Å²) in [6, 6.07) is 83.8. The highest BCUT2D eigenvalue weighted by Gasteiger charge is 2.19. The highest BCUT2D eigenvalue weighted by molar-refractivity contribution is 6.14. The summed E-state index contributed by atoms with van der Waals surface area (Å²) < 4.78 is 16.2. The third kappa shape index (κ3) is 5.39. The van der Waals surface area contributed by atoms with Gasteiger partial charge in [-0.1, -0.05) is 109 Å². The van der Waals surface area contributed by atoms with Crippen LogP contribution in [0.4, 0.5) is 0 Å². The topological polar surface area (TPSA) is 32.9 Å². The van der Waals surface area contributed by atoms with E-state index in [0.717, 1.165) is 99.5 Å². The summed E-state index contributed by atoms with van der Waals surface area (Å²) in [5.74, 6) is 0. The van der Waals surface area contributed by atoms with Gasteiger partial charge in [0.15, 0.2) is 0 Å². The summed E-state index contributed by atoms with van der Waals surface area (Å²) in [6.45, 7) is 0. The Morgan fingerprint density at radius 3 is 1.52 bits per heavy atom. The number of furan rings is 1. The summed E-state index contributed by atoms with van der Waals surface area (Å²) in [4.78, 5) is 0. The molecule has 4 heterocycles.